The van der Waals surface area contributed by atoms with E-state index < -0.39 is 0 Å². The van der Waals surface area contributed by atoms with Crippen LogP contribution >= 0.6 is 11.3 Å². The van der Waals surface area contributed by atoms with Crippen molar-refractivity contribution in [1.29, 1.82) is 0 Å². The lowest BCUT2D eigenvalue weighted by atomic mass is 9.86. The molecular formula is C11H18N2OS. The molecule has 1 aliphatic rings. The third-order valence-electron chi connectivity index (χ3n) is 3.06. The van der Waals surface area contributed by atoms with Crippen molar-refractivity contribution in [2.24, 2.45) is 5.92 Å². The lowest BCUT2D eigenvalue weighted by Gasteiger charge is -2.27. The maximum Gasteiger partial charge on any atom is 0.0794 e. The first-order chi connectivity index (χ1) is 7.36. The lowest BCUT2D eigenvalue weighted by molar-refractivity contribution is 0.0695. The molecular weight excluding hydrogens is 208 g/mol. The Morgan fingerprint density at radius 1 is 1.47 bits per heavy atom. The van der Waals surface area contributed by atoms with Crippen molar-refractivity contribution in [2.45, 2.75) is 38.3 Å². The van der Waals surface area contributed by atoms with Gasteiger partial charge >= 0.3 is 0 Å². The Bertz CT molecular complexity index is 276. The fourth-order valence-corrected chi connectivity index (χ4v) is 2.70. The molecule has 0 aliphatic heterocycles. The fraction of sp³-hybridized carbons (Fsp3) is 0.727. The maximum atomic E-state index is 9.78. The van der Waals surface area contributed by atoms with Crippen LogP contribution in [0.4, 0.5) is 0 Å². The van der Waals surface area contributed by atoms with E-state index in [4.69, 9.17) is 0 Å². The molecule has 1 heterocycles. The SMILES string of the molecule is OC1CCCCC1CNCc1cncs1. The summed E-state index contributed by atoms with van der Waals surface area (Å²) in [5.41, 5.74) is 1.85. The molecule has 15 heavy (non-hydrogen) atoms. The Morgan fingerprint density at radius 2 is 2.33 bits per heavy atom. The average molecular weight is 226 g/mol. The van der Waals surface area contributed by atoms with Crippen LogP contribution in [0.1, 0.15) is 30.6 Å². The van der Waals surface area contributed by atoms with Gasteiger partial charge in [-0.2, -0.15) is 0 Å². The predicted octanol–water partition coefficient (Wildman–Crippen LogP) is 1.78. The second-order valence-corrected chi connectivity index (χ2v) is 5.18. The quantitative estimate of drug-likeness (QED) is 0.822. The number of hydrogen-bond donors (Lipinski definition) is 2. The first-order valence-electron chi connectivity index (χ1n) is 5.62. The summed E-state index contributed by atoms with van der Waals surface area (Å²) in [6.45, 7) is 1.81. The van der Waals surface area contributed by atoms with E-state index in [2.05, 4.69) is 10.3 Å². The van der Waals surface area contributed by atoms with Gasteiger partial charge < -0.3 is 10.4 Å². The summed E-state index contributed by atoms with van der Waals surface area (Å²) in [6.07, 6.45) is 6.41. The van der Waals surface area contributed by atoms with E-state index in [0.29, 0.717) is 5.92 Å². The van der Waals surface area contributed by atoms with Crippen molar-refractivity contribution >= 4 is 11.3 Å². The monoisotopic (exact) mass is 226 g/mol. The van der Waals surface area contributed by atoms with Crippen LogP contribution in [0.25, 0.3) is 0 Å². The highest BCUT2D eigenvalue weighted by molar-refractivity contribution is 7.09. The summed E-state index contributed by atoms with van der Waals surface area (Å²) in [6, 6.07) is 0. The van der Waals surface area contributed by atoms with Gasteiger partial charge in [0.2, 0.25) is 0 Å². The van der Waals surface area contributed by atoms with Crippen LogP contribution in [0.15, 0.2) is 11.7 Å². The first-order valence-corrected chi connectivity index (χ1v) is 6.50. The summed E-state index contributed by atoms with van der Waals surface area (Å²) in [4.78, 5) is 5.30. The zero-order valence-electron chi connectivity index (χ0n) is 8.85. The molecule has 0 amide bonds. The molecule has 3 nitrogen and oxygen atoms in total. The van der Waals surface area contributed by atoms with Crippen LogP contribution in [0.5, 0.6) is 0 Å². The van der Waals surface area contributed by atoms with Gasteiger partial charge in [0.05, 0.1) is 11.6 Å². The topological polar surface area (TPSA) is 45.1 Å². The second-order valence-electron chi connectivity index (χ2n) is 4.21. The lowest BCUT2D eigenvalue weighted by Crippen LogP contribution is -2.33. The number of nitrogens with one attached hydrogen (secondary N) is 1. The molecule has 1 aliphatic carbocycles. The van der Waals surface area contributed by atoms with Crippen molar-refractivity contribution in [2.75, 3.05) is 6.54 Å². The van der Waals surface area contributed by atoms with E-state index in [-0.39, 0.29) is 6.10 Å². The maximum absolute atomic E-state index is 9.78. The highest BCUT2D eigenvalue weighted by Gasteiger charge is 2.22. The van der Waals surface area contributed by atoms with Gasteiger partial charge in [0.15, 0.2) is 0 Å². The van der Waals surface area contributed by atoms with Crippen molar-refractivity contribution in [3.8, 4) is 0 Å². The summed E-state index contributed by atoms with van der Waals surface area (Å²) in [7, 11) is 0. The minimum atomic E-state index is -0.0901. The van der Waals surface area contributed by atoms with Gasteiger partial charge in [-0.25, -0.2) is 0 Å². The normalized spacial score (nSPS) is 26.7. The number of thiazole rings is 1. The van der Waals surface area contributed by atoms with Crippen LogP contribution < -0.4 is 5.32 Å². The molecule has 1 aromatic heterocycles. The highest BCUT2D eigenvalue weighted by atomic mass is 32.1. The molecule has 0 aromatic carbocycles. The van der Waals surface area contributed by atoms with Crippen LogP contribution in [0.3, 0.4) is 0 Å². The molecule has 0 spiro atoms. The van der Waals surface area contributed by atoms with E-state index in [0.717, 1.165) is 25.9 Å². The number of hydrogen-bond acceptors (Lipinski definition) is 4. The van der Waals surface area contributed by atoms with Gasteiger partial charge in [0, 0.05) is 24.2 Å². The zero-order valence-corrected chi connectivity index (χ0v) is 9.67. The third kappa shape index (κ3) is 3.26. The van der Waals surface area contributed by atoms with Crippen LogP contribution in [-0.2, 0) is 6.54 Å². The van der Waals surface area contributed by atoms with E-state index in [1.165, 1.54) is 17.7 Å². The van der Waals surface area contributed by atoms with E-state index in [9.17, 15) is 5.11 Å². The van der Waals surface area contributed by atoms with Gasteiger partial charge in [-0.05, 0) is 18.8 Å². The zero-order chi connectivity index (χ0) is 10.5. The molecule has 0 radical (unpaired) electrons. The third-order valence-corrected chi connectivity index (χ3v) is 3.84. The van der Waals surface area contributed by atoms with Gasteiger partial charge in [-0.15, -0.1) is 11.3 Å². The van der Waals surface area contributed by atoms with Gasteiger partial charge in [0.25, 0.3) is 0 Å². The highest BCUT2D eigenvalue weighted by Crippen LogP contribution is 2.23. The van der Waals surface area contributed by atoms with Gasteiger partial charge in [-0.1, -0.05) is 12.8 Å². The van der Waals surface area contributed by atoms with E-state index >= 15 is 0 Å². The molecule has 2 unspecified atom stereocenters. The second kappa shape index (κ2) is 5.58. The van der Waals surface area contributed by atoms with Gasteiger partial charge in [-0.3, -0.25) is 4.98 Å². The van der Waals surface area contributed by atoms with E-state index in [1.54, 1.807) is 11.3 Å². The summed E-state index contributed by atoms with van der Waals surface area (Å²) < 4.78 is 0. The first kappa shape index (κ1) is 11.0. The molecule has 2 N–H and O–H groups in total. The number of aromatic nitrogens is 1. The summed E-state index contributed by atoms with van der Waals surface area (Å²) in [5, 5.41) is 13.2. The molecule has 1 saturated carbocycles. The predicted molar refractivity (Wildman–Crippen MR) is 61.8 cm³/mol. The number of nitrogens with zero attached hydrogens (tertiary/aromatic N) is 1. The Balaban J connectivity index is 1.68. The molecule has 1 aromatic rings. The molecule has 4 heteroatoms. The fourth-order valence-electron chi connectivity index (χ4n) is 2.14. The Kier molecular flexibility index (Phi) is 4.11. The van der Waals surface area contributed by atoms with Crippen LogP contribution in [-0.4, -0.2) is 22.7 Å². The van der Waals surface area contributed by atoms with Crippen molar-refractivity contribution in [3.63, 3.8) is 0 Å². The minimum Gasteiger partial charge on any atom is -0.393 e. The molecule has 84 valence electrons. The Labute approximate surface area is 94.5 Å². The van der Waals surface area contributed by atoms with E-state index in [1.807, 2.05) is 11.7 Å². The average Bonchev–Trinajstić information content (AvgIpc) is 2.74. The molecule has 0 saturated heterocycles. The number of aliphatic hydroxyl groups is 1. The van der Waals surface area contributed by atoms with Crippen molar-refractivity contribution < 1.29 is 5.11 Å². The van der Waals surface area contributed by atoms with Crippen LogP contribution in [0, 0.1) is 5.92 Å². The molecule has 2 rings (SSSR count). The standard InChI is InChI=1S/C11H18N2OS/c14-11-4-2-1-3-9(11)5-12-6-10-7-13-8-15-10/h7-9,11-12,14H,1-6H2. The largest absolute Gasteiger partial charge is 0.393 e. The Morgan fingerprint density at radius 3 is 3.07 bits per heavy atom. The van der Waals surface area contributed by atoms with Crippen LogP contribution in [0.2, 0.25) is 0 Å². The minimum absolute atomic E-state index is 0.0901. The number of rotatable bonds is 4. The number of aliphatic hydroxyl groups excluding tert-OH is 1. The molecule has 0 bridgehead atoms. The Hall–Kier alpha value is -0.450. The molecule has 1 fully saturated rings. The molecule has 2 atom stereocenters. The van der Waals surface area contributed by atoms with Crippen molar-refractivity contribution in [1.82, 2.24) is 10.3 Å². The summed E-state index contributed by atoms with van der Waals surface area (Å²) in [5.74, 6) is 0.451. The van der Waals surface area contributed by atoms with Crippen molar-refractivity contribution in [3.05, 3.63) is 16.6 Å². The smallest absolute Gasteiger partial charge is 0.0794 e. The van der Waals surface area contributed by atoms with Gasteiger partial charge in [0.1, 0.15) is 0 Å². The summed E-state index contributed by atoms with van der Waals surface area (Å²) >= 11 is 1.67.